The number of aromatic nitrogens is 2. The summed E-state index contributed by atoms with van der Waals surface area (Å²) in [5, 5.41) is 11.1. The van der Waals surface area contributed by atoms with Crippen molar-refractivity contribution in [3.05, 3.63) is 106 Å². The number of hydrogen-bond acceptors (Lipinski definition) is 5. The second kappa shape index (κ2) is 13.1. The first-order chi connectivity index (χ1) is 21.4. The van der Waals surface area contributed by atoms with Crippen LogP contribution in [0.2, 0.25) is 10.0 Å². The van der Waals surface area contributed by atoms with Crippen molar-refractivity contribution in [3.8, 4) is 0 Å². The standard InChI is InChI=1S/C35H31Cl2N5O2/c1-42(16-4-14-38-34(43)28-8-2-6-24-18-22-10-12-26(36)20-30(22)40-32(24)28)17-5-15-39-35(44)29-9-3-7-25-19-23-11-13-27(37)21-31(23)41-33(25)29/h2-3,6-13,18-21H,4-5,14-17H2,1H3,(H,38,43)(H,39,44). The lowest BCUT2D eigenvalue weighted by Crippen LogP contribution is -2.31. The molecule has 2 aromatic heterocycles. The lowest BCUT2D eigenvalue weighted by Gasteiger charge is -2.17. The minimum Gasteiger partial charge on any atom is -0.352 e. The summed E-state index contributed by atoms with van der Waals surface area (Å²) in [7, 11) is 2.04. The molecular weight excluding hydrogens is 593 g/mol. The number of amides is 2. The molecular formula is C35H31Cl2N5O2. The Morgan fingerprint density at radius 2 is 1.09 bits per heavy atom. The average molecular weight is 625 g/mol. The Labute approximate surface area is 265 Å². The van der Waals surface area contributed by atoms with Gasteiger partial charge in [0.2, 0.25) is 0 Å². The minimum absolute atomic E-state index is 0.145. The largest absolute Gasteiger partial charge is 0.352 e. The van der Waals surface area contributed by atoms with Crippen LogP contribution in [0, 0.1) is 0 Å². The van der Waals surface area contributed by atoms with E-state index in [0.717, 1.165) is 58.5 Å². The van der Waals surface area contributed by atoms with Gasteiger partial charge in [0, 0.05) is 44.7 Å². The van der Waals surface area contributed by atoms with Crippen LogP contribution in [0.25, 0.3) is 43.6 Å². The first kappa shape index (κ1) is 29.8. The van der Waals surface area contributed by atoms with Crippen LogP contribution in [0.15, 0.2) is 84.9 Å². The molecule has 4 aromatic carbocycles. The number of pyridine rings is 2. The number of nitrogens with zero attached hydrogens (tertiary/aromatic N) is 3. The number of para-hydroxylation sites is 2. The quantitative estimate of drug-likeness (QED) is 0.124. The van der Waals surface area contributed by atoms with Crippen LogP contribution in [-0.4, -0.2) is 59.9 Å². The number of nitrogens with one attached hydrogen (secondary N) is 2. The van der Waals surface area contributed by atoms with Crippen molar-refractivity contribution < 1.29 is 9.59 Å². The summed E-state index contributed by atoms with van der Waals surface area (Å²) in [6, 6.07) is 26.5. The van der Waals surface area contributed by atoms with Crippen LogP contribution >= 0.6 is 23.2 Å². The first-order valence-corrected chi connectivity index (χ1v) is 15.3. The zero-order valence-corrected chi connectivity index (χ0v) is 25.8. The molecule has 44 heavy (non-hydrogen) atoms. The van der Waals surface area contributed by atoms with Gasteiger partial charge in [-0.1, -0.05) is 59.6 Å². The first-order valence-electron chi connectivity index (χ1n) is 14.6. The maximum Gasteiger partial charge on any atom is 0.253 e. The molecule has 0 radical (unpaired) electrons. The van der Waals surface area contributed by atoms with E-state index in [2.05, 4.69) is 15.5 Å². The molecule has 0 spiro atoms. The van der Waals surface area contributed by atoms with Crippen molar-refractivity contribution in [2.75, 3.05) is 33.2 Å². The second-order valence-electron chi connectivity index (χ2n) is 10.9. The SMILES string of the molecule is CN(CCCNC(=O)c1cccc2cc3ccc(Cl)cc3nc12)CCCNC(=O)c1cccc2cc3ccc(Cl)cc3nc12. The Kier molecular flexibility index (Phi) is 8.89. The molecule has 0 bridgehead atoms. The van der Waals surface area contributed by atoms with Crippen molar-refractivity contribution in [2.45, 2.75) is 12.8 Å². The molecule has 6 rings (SSSR count). The molecule has 0 saturated heterocycles. The average Bonchev–Trinajstić information content (AvgIpc) is 3.02. The minimum atomic E-state index is -0.145. The van der Waals surface area contributed by atoms with Gasteiger partial charge in [0.15, 0.2) is 0 Å². The Balaban J connectivity index is 0.966. The monoisotopic (exact) mass is 623 g/mol. The van der Waals surface area contributed by atoms with Gasteiger partial charge in [-0.3, -0.25) is 9.59 Å². The highest BCUT2D eigenvalue weighted by molar-refractivity contribution is 6.31. The normalized spacial score (nSPS) is 11.5. The molecule has 0 atom stereocenters. The van der Waals surface area contributed by atoms with Crippen molar-refractivity contribution in [2.24, 2.45) is 0 Å². The maximum atomic E-state index is 13.0. The van der Waals surface area contributed by atoms with Crippen molar-refractivity contribution in [1.82, 2.24) is 25.5 Å². The fourth-order valence-electron chi connectivity index (χ4n) is 5.42. The fourth-order valence-corrected chi connectivity index (χ4v) is 5.76. The zero-order chi connectivity index (χ0) is 30.6. The van der Waals surface area contributed by atoms with Gasteiger partial charge in [-0.05, 0) is 81.5 Å². The van der Waals surface area contributed by atoms with E-state index in [1.54, 1.807) is 12.1 Å². The van der Waals surface area contributed by atoms with E-state index in [-0.39, 0.29) is 11.8 Å². The van der Waals surface area contributed by atoms with E-state index >= 15 is 0 Å². The van der Waals surface area contributed by atoms with Gasteiger partial charge in [-0.15, -0.1) is 0 Å². The van der Waals surface area contributed by atoms with Gasteiger partial charge >= 0.3 is 0 Å². The number of halogens is 2. The molecule has 0 unspecified atom stereocenters. The predicted molar refractivity (Wildman–Crippen MR) is 180 cm³/mol. The molecule has 9 heteroatoms. The van der Waals surface area contributed by atoms with Gasteiger partial charge in [0.25, 0.3) is 11.8 Å². The maximum absolute atomic E-state index is 13.0. The van der Waals surface area contributed by atoms with E-state index in [1.807, 2.05) is 79.8 Å². The third-order valence-corrected chi connectivity index (χ3v) is 8.17. The van der Waals surface area contributed by atoms with Crippen LogP contribution in [-0.2, 0) is 0 Å². The van der Waals surface area contributed by atoms with Crippen LogP contribution < -0.4 is 10.6 Å². The van der Waals surface area contributed by atoms with E-state index in [4.69, 9.17) is 33.2 Å². The van der Waals surface area contributed by atoms with E-state index in [1.165, 1.54) is 0 Å². The summed E-state index contributed by atoms with van der Waals surface area (Å²) >= 11 is 12.3. The lowest BCUT2D eigenvalue weighted by atomic mass is 10.1. The zero-order valence-electron chi connectivity index (χ0n) is 24.2. The van der Waals surface area contributed by atoms with Gasteiger partial charge in [-0.2, -0.15) is 0 Å². The van der Waals surface area contributed by atoms with Crippen molar-refractivity contribution in [3.63, 3.8) is 0 Å². The number of rotatable bonds is 10. The van der Waals surface area contributed by atoms with Gasteiger partial charge < -0.3 is 15.5 Å². The summed E-state index contributed by atoms with van der Waals surface area (Å²) < 4.78 is 0. The number of carbonyl (C=O) groups is 2. The molecule has 2 N–H and O–H groups in total. The van der Waals surface area contributed by atoms with Gasteiger partial charge in [0.05, 0.1) is 33.2 Å². The highest BCUT2D eigenvalue weighted by atomic mass is 35.5. The smallest absolute Gasteiger partial charge is 0.253 e. The topological polar surface area (TPSA) is 87.2 Å². The van der Waals surface area contributed by atoms with E-state index in [0.29, 0.717) is 45.3 Å². The van der Waals surface area contributed by atoms with Gasteiger partial charge in [0.1, 0.15) is 0 Å². The number of hydrogen-bond donors (Lipinski definition) is 2. The Hall–Kier alpha value is -4.30. The molecule has 0 aliphatic heterocycles. The van der Waals surface area contributed by atoms with E-state index in [9.17, 15) is 9.59 Å². The third-order valence-electron chi connectivity index (χ3n) is 7.70. The molecule has 222 valence electrons. The highest BCUT2D eigenvalue weighted by Crippen LogP contribution is 2.26. The molecule has 2 amide bonds. The van der Waals surface area contributed by atoms with Crippen LogP contribution in [0.5, 0.6) is 0 Å². The Morgan fingerprint density at radius 1 is 0.636 bits per heavy atom. The van der Waals surface area contributed by atoms with Crippen LogP contribution in [0.4, 0.5) is 0 Å². The summed E-state index contributed by atoms with van der Waals surface area (Å²) in [6.45, 7) is 2.72. The highest BCUT2D eigenvalue weighted by Gasteiger charge is 2.14. The third kappa shape index (κ3) is 6.60. The fraction of sp³-hybridized carbons (Fsp3) is 0.200. The lowest BCUT2D eigenvalue weighted by molar-refractivity contribution is 0.0947. The number of benzene rings is 4. The van der Waals surface area contributed by atoms with E-state index < -0.39 is 0 Å². The summed E-state index contributed by atoms with van der Waals surface area (Å²) in [5.41, 5.74) is 3.94. The van der Waals surface area contributed by atoms with Crippen LogP contribution in [0.1, 0.15) is 33.6 Å². The van der Waals surface area contributed by atoms with Crippen molar-refractivity contribution >= 4 is 78.6 Å². The number of fused-ring (bicyclic) bond motifs is 4. The van der Waals surface area contributed by atoms with Crippen molar-refractivity contribution in [1.29, 1.82) is 0 Å². The Morgan fingerprint density at radius 3 is 1.55 bits per heavy atom. The molecule has 0 aliphatic rings. The van der Waals surface area contributed by atoms with Gasteiger partial charge in [-0.25, -0.2) is 9.97 Å². The molecule has 6 aromatic rings. The molecule has 2 heterocycles. The van der Waals surface area contributed by atoms with Crippen LogP contribution in [0.3, 0.4) is 0 Å². The molecule has 0 saturated carbocycles. The number of carbonyl (C=O) groups excluding carboxylic acids is 2. The molecule has 0 fully saturated rings. The molecule has 7 nitrogen and oxygen atoms in total. The Bertz CT molecular complexity index is 1890. The summed E-state index contributed by atoms with van der Waals surface area (Å²) in [6.07, 6.45) is 1.59. The second-order valence-corrected chi connectivity index (χ2v) is 11.8. The summed E-state index contributed by atoms with van der Waals surface area (Å²) in [4.78, 5) is 37.7. The summed E-state index contributed by atoms with van der Waals surface area (Å²) in [5.74, 6) is -0.289. The molecule has 0 aliphatic carbocycles. The predicted octanol–water partition coefficient (Wildman–Crippen LogP) is 7.27.